The molecule has 42 heavy (non-hydrogen) atoms. The van der Waals surface area contributed by atoms with Crippen molar-refractivity contribution in [1.29, 1.82) is 0 Å². The van der Waals surface area contributed by atoms with Gasteiger partial charge in [0, 0.05) is 43.9 Å². The van der Waals surface area contributed by atoms with Gasteiger partial charge in [0.05, 0.1) is 22.4 Å². The summed E-state index contributed by atoms with van der Waals surface area (Å²) in [5, 5.41) is 8.35. The van der Waals surface area contributed by atoms with Crippen LogP contribution in [0.15, 0.2) is 149 Å². The quantitative estimate of drug-likeness (QED) is 0.243. The van der Waals surface area contributed by atoms with Crippen molar-refractivity contribution < 1.29 is 4.42 Å². The Morgan fingerprint density at radius 3 is 2.07 bits per heavy atom. The van der Waals surface area contributed by atoms with Crippen LogP contribution >= 0.6 is 0 Å². The third-order valence-corrected chi connectivity index (χ3v) is 8.43. The molecule has 0 spiro atoms. The SMILES string of the molecule is c1ccc(C2=NC(c3cccc4oc5c(-n6c7ccccc7c7ccccc76)cccc5c34)Nc3ccccc32)cc1. The van der Waals surface area contributed by atoms with Crippen molar-refractivity contribution >= 4 is 55.1 Å². The number of hydrogen-bond donors (Lipinski definition) is 1. The van der Waals surface area contributed by atoms with E-state index in [2.05, 4.69) is 143 Å². The average molecular weight is 540 g/mol. The van der Waals surface area contributed by atoms with Gasteiger partial charge in [0.1, 0.15) is 11.7 Å². The number of nitrogens with zero attached hydrogens (tertiary/aromatic N) is 2. The summed E-state index contributed by atoms with van der Waals surface area (Å²) in [6, 6.07) is 48.8. The van der Waals surface area contributed by atoms with Gasteiger partial charge in [0.15, 0.2) is 5.58 Å². The molecule has 1 unspecified atom stereocenters. The first kappa shape index (κ1) is 23.1. The minimum absolute atomic E-state index is 0.267. The summed E-state index contributed by atoms with van der Waals surface area (Å²) in [5.74, 6) is 0. The lowest BCUT2D eigenvalue weighted by Crippen LogP contribution is -2.20. The van der Waals surface area contributed by atoms with Crippen LogP contribution in [-0.2, 0) is 0 Å². The third-order valence-electron chi connectivity index (χ3n) is 8.43. The topological polar surface area (TPSA) is 42.5 Å². The molecule has 6 aromatic carbocycles. The highest BCUT2D eigenvalue weighted by Crippen LogP contribution is 2.42. The second-order valence-electron chi connectivity index (χ2n) is 10.8. The molecule has 9 rings (SSSR count). The van der Waals surface area contributed by atoms with Crippen molar-refractivity contribution in [2.45, 2.75) is 6.17 Å². The number of hydrogen-bond acceptors (Lipinski definition) is 3. The summed E-state index contributed by atoms with van der Waals surface area (Å²) >= 11 is 0. The number of rotatable bonds is 3. The maximum absolute atomic E-state index is 6.72. The van der Waals surface area contributed by atoms with Gasteiger partial charge in [0.2, 0.25) is 0 Å². The van der Waals surface area contributed by atoms with Crippen molar-refractivity contribution in [2.75, 3.05) is 5.32 Å². The number of aromatic nitrogens is 1. The maximum Gasteiger partial charge on any atom is 0.159 e. The van der Waals surface area contributed by atoms with Crippen molar-refractivity contribution in [2.24, 2.45) is 4.99 Å². The van der Waals surface area contributed by atoms with E-state index in [1.165, 1.54) is 10.8 Å². The van der Waals surface area contributed by atoms with E-state index in [1.807, 2.05) is 6.07 Å². The highest BCUT2D eigenvalue weighted by Gasteiger charge is 2.26. The van der Waals surface area contributed by atoms with Crippen LogP contribution in [0.4, 0.5) is 5.69 Å². The van der Waals surface area contributed by atoms with Crippen LogP contribution in [0.3, 0.4) is 0 Å². The maximum atomic E-state index is 6.72. The van der Waals surface area contributed by atoms with Gasteiger partial charge >= 0.3 is 0 Å². The van der Waals surface area contributed by atoms with Crippen molar-refractivity contribution in [3.8, 4) is 5.69 Å². The summed E-state index contributed by atoms with van der Waals surface area (Å²) in [6.45, 7) is 0. The number of para-hydroxylation sites is 4. The molecule has 1 aliphatic rings. The number of benzene rings is 6. The Kier molecular flexibility index (Phi) is 4.93. The Morgan fingerprint density at radius 1 is 0.595 bits per heavy atom. The van der Waals surface area contributed by atoms with Gasteiger partial charge in [-0.25, -0.2) is 0 Å². The molecule has 3 heterocycles. The second kappa shape index (κ2) is 8.95. The molecular weight excluding hydrogens is 514 g/mol. The standard InChI is InChI=1S/C38H25N3O/c1-2-12-24(13-3-1)36-27-16-4-7-19-30(27)39-38(40-36)29-18-11-23-34-35(29)28-17-10-22-33(37(28)42-34)41-31-20-8-5-14-25(31)26-15-6-9-21-32(26)41/h1-23,38-39H. The van der Waals surface area contributed by atoms with E-state index >= 15 is 0 Å². The minimum atomic E-state index is -0.267. The van der Waals surface area contributed by atoms with Crippen LogP contribution in [0.1, 0.15) is 22.9 Å². The molecule has 0 bridgehead atoms. The Morgan fingerprint density at radius 2 is 1.26 bits per heavy atom. The fourth-order valence-electron chi connectivity index (χ4n) is 6.61. The summed E-state index contributed by atoms with van der Waals surface area (Å²) in [4.78, 5) is 5.31. The van der Waals surface area contributed by atoms with Gasteiger partial charge in [-0.2, -0.15) is 0 Å². The van der Waals surface area contributed by atoms with Crippen LogP contribution in [0, 0.1) is 0 Å². The van der Waals surface area contributed by atoms with E-state index in [1.54, 1.807) is 0 Å². The zero-order valence-corrected chi connectivity index (χ0v) is 22.7. The average Bonchev–Trinajstić information content (AvgIpc) is 3.61. The van der Waals surface area contributed by atoms with Gasteiger partial charge in [-0.05, 0) is 30.3 Å². The molecule has 8 aromatic rings. The summed E-state index contributed by atoms with van der Waals surface area (Å²) in [5.41, 5.74) is 10.5. The molecule has 4 heteroatoms. The zero-order chi connectivity index (χ0) is 27.6. The van der Waals surface area contributed by atoms with E-state index in [9.17, 15) is 0 Å². The van der Waals surface area contributed by atoms with Gasteiger partial charge in [0.25, 0.3) is 0 Å². The molecule has 2 aromatic heterocycles. The molecule has 198 valence electrons. The highest BCUT2D eigenvalue weighted by atomic mass is 16.3. The van der Waals surface area contributed by atoms with Crippen LogP contribution in [-0.4, -0.2) is 10.3 Å². The predicted molar refractivity (Wildman–Crippen MR) is 173 cm³/mol. The van der Waals surface area contributed by atoms with Gasteiger partial charge in [-0.3, -0.25) is 4.99 Å². The van der Waals surface area contributed by atoms with Gasteiger partial charge < -0.3 is 14.3 Å². The van der Waals surface area contributed by atoms with E-state index in [-0.39, 0.29) is 6.17 Å². The van der Waals surface area contributed by atoms with Crippen LogP contribution in [0.25, 0.3) is 49.4 Å². The lowest BCUT2D eigenvalue weighted by molar-refractivity contribution is 0.665. The zero-order valence-electron chi connectivity index (χ0n) is 22.7. The van der Waals surface area contributed by atoms with Crippen molar-refractivity contribution in [3.05, 3.63) is 156 Å². The summed E-state index contributed by atoms with van der Waals surface area (Å²) < 4.78 is 9.05. The molecule has 0 amide bonds. The first-order chi connectivity index (χ1) is 20.8. The molecule has 1 aliphatic heterocycles. The molecule has 1 atom stereocenters. The van der Waals surface area contributed by atoms with Gasteiger partial charge in [-0.15, -0.1) is 0 Å². The first-order valence-electron chi connectivity index (χ1n) is 14.3. The van der Waals surface area contributed by atoms with Crippen molar-refractivity contribution in [1.82, 2.24) is 4.57 Å². The number of furan rings is 1. The van der Waals surface area contributed by atoms with Crippen LogP contribution in [0.2, 0.25) is 0 Å². The van der Waals surface area contributed by atoms with E-state index in [4.69, 9.17) is 9.41 Å². The van der Waals surface area contributed by atoms with E-state index in [0.717, 1.165) is 66.7 Å². The Balaban J connectivity index is 1.29. The molecule has 1 N–H and O–H groups in total. The minimum Gasteiger partial charge on any atom is -0.454 e. The fraction of sp³-hybridized carbons (Fsp3) is 0.0263. The third kappa shape index (κ3) is 3.32. The summed E-state index contributed by atoms with van der Waals surface area (Å²) in [7, 11) is 0. The summed E-state index contributed by atoms with van der Waals surface area (Å²) in [6.07, 6.45) is -0.267. The molecule has 0 saturated heterocycles. The van der Waals surface area contributed by atoms with E-state index in [0.29, 0.717) is 0 Å². The smallest absolute Gasteiger partial charge is 0.159 e. The van der Waals surface area contributed by atoms with Gasteiger partial charge in [-0.1, -0.05) is 109 Å². The normalized spacial score (nSPS) is 14.8. The Labute approximate surface area is 242 Å². The number of fused-ring (bicyclic) bond motifs is 7. The number of aliphatic imine (C=N–C) groups is 1. The predicted octanol–water partition coefficient (Wildman–Crippen LogP) is 9.64. The molecule has 0 radical (unpaired) electrons. The van der Waals surface area contributed by atoms with Crippen molar-refractivity contribution in [3.63, 3.8) is 0 Å². The number of nitrogens with one attached hydrogen (secondary N) is 1. The lowest BCUT2D eigenvalue weighted by Gasteiger charge is -2.26. The Bertz CT molecular complexity index is 2290. The molecular formula is C38H25N3O. The molecule has 0 fully saturated rings. The van der Waals surface area contributed by atoms with E-state index < -0.39 is 0 Å². The molecule has 4 nitrogen and oxygen atoms in total. The lowest BCUT2D eigenvalue weighted by atomic mass is 9.96. The number of anilines is 1. The monoisotopic (exact) mass is 539 g/mol. The first-order valence-corrected chi connectivity index (χ1v) is 14.3. The second-order valence-corrected chi connectivity index (χ2v) is 10.8. The molecule has 0 aliphatic carbocycles. The fourth-order valence-corrected chi connectivity index (χ4v) is 6.61. The van der Waals surface area contributed by atoms with Crippen LogP contribution in [0.5, 0.6) is 0 Å². The van der Waals surface area contributed by atoms with Crippen LogP contribution < -0.4 is 5.32 Å². The highest BCUT2D eigenvalue weighted by molar-refractivity contribution is 6.17. The Hall–Kier alpha value is -5.61. The largest absolute Gasteiger partial charge is 0.454 e. The molecule has 0 saturated carbocycles.